The minimum absolute atomic E-state index is 0.269. The molecule has 1 aromatic carbocycles. The van der Waals surface area contributed by atoms with Crippen LogP contribution in [0.1, 0.15) is 31.1 Å². The highest BCUT2D eigenvalue weighted by atomic mass is 35.5. The van der Waals surface area contributed by atoms with Gasteiger partial charge in [-0.05, 0) is 38.0 Å². The topological polar surface area (TPSA) is 29.9 Å². The summed E-state index contributed by atoms with van der Waals surface area (Å²) in [5, 5.41) is 8.62. The molecule has 2 aromatic rings. The zero-order valence-corrected chi connectivity index (χ0v) is 12.4. The molecule has 0 amide bonds. The van der Waals surface area contributed by atoms with Crippen molar-refractivity contribution >= 4 is 11.6 Å². The average molecular weight is 278 g/mol. The van der Waals surface area contributed by atoms with E-state index < -0.39 is 0 Å². The third kappa shape index (κ3) is 3.58. The van der Waals surface area contributed by atoms with Gasteiger partial charge < -0.3 is 5.32 Å². The van der Waals surface area contributed by atoms with Crippen LogP contribution < -0.4 is 5.32 Å². The lowest BCUT2D eigenvalue weighted by atomic mass is 10.1. The van der Waals surface area contributed by atoms with Gasteiger partial charge in [0.05, 0.1) is 5.69 Å². The van der Waals surface area contributed by atoms with Crippen LogP contribution in [0.25, 0.3) is 0 Å². The summed E-state index contributed by atoms with van der Waals surface area (Å²) in [6.07, 6.45) is 2.74. The van der Waals surface area contributed by atoms with Gasteiger partial charge in [-0.3, -0.25) is 4.68 Å². The van der Waals surface area contributed by atoms with E-state index in [0.717, 1.165) is 11.4 Å². The molecule has 0 bridgehead atoms. The number of rotatable bonds is 5. The molecule has 0 saturated heterocycles. The quantitative estimate of drug-likeness (QED) is 0.908. The second-order valence-electron chi connectivity index (χ2n) is 4.96. The summed E-state index contributed by atoms with van der Waals surface area (Å²) in [5.41, 5.74) is 2.37. The standard InChI is InChI=1S/C15H20ClN3/c1-11(10-13-6-4-5-7-14(13)16)18-12(2)15-8-9-17-19(15)3/h4-9,11-12,18H,10H2,1-3H3. The van der Waals surface area contributed by atoms with Gasteiger partial charge in [-0.1, -0.05) is 29.8 Å². The van der Waals surface area contributed by atoms with Crippen LogP contribution in [0, 0.1) is 0 Å². The zero-order chi connectivity index (χ0) is 13.8. The van der Waals surface area contributed by atoms with Crippen LogP contribution in [-0.2, 0) is 13.5 Å². The maximum absolute atomic E-state index is 6.19. The highest BCUT2D eigenvalue weighted by molar-refractivity contribution is 6.31. The van der Waals surface area contributed by atoms with E-state index in [4.69, 9.17) is 11.6 Å². The van der Waals surface area contributed by atoms with Crippen molar-refractivity contribution in [1.82, 2.24) is 15.1 Å². The van der Waals surface area contributed by atoms with E-state index in [0.29, 0.717) is 6.04 Å². The van der Waals surface area contributed by atoms with Crippen molar-refractivity contribution in [3.63, 3.8) is 0 Å². The number of halogens is 1. The normalized spacial score (nSPS) is 14.3. The lowest BCUT2D eigenvalue weighted by Crippen LogP contribution is -2.31. The van der Waals surface area contributed by atoms with Crippen molar-refractivity contribution in [3.8, 4) is 0 Å². The second-order valence-corrected chi connectivity index (χ2v) is 5.37. The predicted octanol–water partition coefficient (Wildman–Crippen LogP) is 3.36. The Hall–Kier alpha value is -1.32. The van der Waals surface area contributed by atoms with E-state index in [1.165, 1.54) is 11.3 Å². The number of aryl methyl sites for hydroxylation is 1. The molecule has 0 spiro atoms. The zero-order valence-electron chi connectivity index (χ0n) is 11.6. The molecule has 0 fully saturated rings. The first-order valence-corrected chi connectivity index (χ1v) is 6.93. The maximum atomic E-state index is 6.19. The van der Waals surface area contributed by atoms with E-state index in [1.54, 1.807) is 0 Å². The van der Waals surface area contributed by atoms with E-state index in [-0.39, 0.29) is 6.04 Å². The first-order valence-electron chi connectivity index (χ1n) is 6.55. The summed E-state index contributed by atoms with van der Waals surface area (Å²) < 4.78 is 1.90. The minimum atomic E-state index is 0.269. The fraction of sp³-hybridized carbons (Fsp3) is 0.400. The molecule has 0 aliphatic rings. The average Bonchev–Trinajstić information content (AvgIpc) is 2.78. The van der Waals surface area contributed by atoms with Gasteiger partial charge in [0.1, 0.15) is 0 Å². The fourth-order valence-electron chi connectivity index (χ4n) is 2.37. The Morgan fingerprint density at radius 1 is 1.26 bits per heavy atom. The van der Waals surface area contributed by atoms with Crippen LogP contribution in [-0.4, -0.2) is 15.8 Å². The lowest BCUT2D eigenvalue weighted by molar-refractivity contribution is 0.456. The van der Waals surface area contributed by atoms with Crippen LogP contribution in [0.2, 0.25) is 5.02 Å². The molecule has 4 heteroatoms. The monoisotopic (exact) mass is 277 g/mol. The van der Waals surface area contributed by atoms with Crippen molar-refractivity contribution in [3.05, 3.63) is 52.8 Å². The van der Waals surface area contributed by atoms with Crippen LogP contribution in [0.4, 0.5) is 0 Å². The van der Waals surface area contributed by atoms with Gasteiger partial charge in [-0.15, -0.1) is 0 Å². The van der Waals surface area contributed by atoms with Crippen LogP contribution in [0.5, 0.6) is 0 Å². The van der Waals surface area contributed by atoms with Crippen LogP contribution in [0.15, 0.2) is 36.5 Å². The summed E-state index contributed by atoms with van der Waals surface area (Å²) in [6.45, 7) is 4.33. The van der Waals surface area contributed by atoms with Crippen molar-refractivity contribution in [2.45, 2.75) is 32.4 Å². The SMILES string of the molecule is CC(Cc1ccccc1Cl)NC(C)c1ccnn1C. The van der Waals surface area contributed by atoms with Gasteiger partial charge in [0, 0.05) is 30.4 Å². The molecule has 3 nitrogen and oxygen atoms in total. The number of nitrogens with one attached hydrogen (secondary N) is 1. The third-order valence-electron chi connectivity index (χ3n) is 3.32. The lowest BCUT2D eigenvalue weighted by Gasteiger charge is -2.20. The molecule has 2 rings (SSSR count). The smallest absolute Gasteiger partial charge is 0.0547 e. The fourth-order valence-corrected chi connectivity index (χ4v) is 2.59. The van der Waals surface area contributed by atoms with Crippen molar-refractivity contribution in [2.75, 3.05) is 0 Å². The molecule has 1 heterocycles. The summed E-state index contributed by atoms with van der Waals surface area (Å²) in [5.74, 6) is 0. The molecule has 102 valence electrons. The van der Waals surface area contributed by atoms with E-state index in [2.05, 4.69) is 30.3 Å². The number of aromatic nitrogens is 2. The predicted molar refractivity (Wildman–Crippen MR) is 79.4 cm³/mol. The highest BCUT2D eigenvalue weighted by Gasteiger charge is 2.13. The molecule has 19 heavy (non-hydrogen) atoms. The Labute approximate surface area is 119 Å². The van der Waals surface area contributed by atoms with Crippen molar-refractivity contribution < 1.29 is 0 Å². The van der Waals surface area contributed by atoms with Gasteiger partial charge in [0.15, 0.2) is 0 Å². The molecule has 0 aliphatic heterocycles. The summed E-state index contributed by atoms with van der Waals surface area (Å²) in [4.78, 5) is 0. The van der Waals surface area contributed by atoms with Gasteiger partial charge in [-0.25, -0.2) is 0 Å². The second kappa shape index (κ2) is 6.22. The van der Waals surface area contributed by atoms with Gasteiger partial charge in [0.2, 0.25) is 0 Å². The Morgan fingerprint density at radius 2 is 2.00 bits per heavy atom. The Balaban J connectivity index is 1.97. The maximum Gasteiger partial charge on any atom is 0.0547 e. The molecule has 1 aromatic heterocycles. The molecular formula is C15H20ClN3. The number of hydrogen-bond donors (Lipinski definition) is 1. The molecule has 0 radical (unpaired) electrons. The molecule has 0 aliphatic carbocycles. The first kappa shape index (κ1) is 14.1. The van der Waals surface area contributed by atoms with Gasteiger partial charge in [-0.2, -0.15) is 5.10 Å². The summed E-state index contributed by atoms with van der Waals surface area (Å²) in [7, 11) is 1.96. The number of hydrogen-bond acceptors (Lipinski definition) is 2. The van der Waals surface area contributed by atoms with Crippen molar-refractivity contribution in [2.24, 2.45) is 7.05 Å². The van der Waals surface area contributed by atoms with E-state index in [1.807, 2.05) is 42.2 Å². The largest absolute Gasteiger partial charge is 0.306 e. The third-order valence-corrected chi connectivity index (χ3v) is 3.69. The summed E-state index contributed by atoms with van der Waals surface area (Å²) >= 11 is 6.19. The Kier molecular flexibility index (Phi) is 4.61. The van der Waals surface area contributed by atoms with Crippen molar-refractivity contribution in [1.29, 1.82) is 0 Å². The first-order chi connectivity index (χ1) is 9.08. The number of nitrogens with zero attached hydrogens (tertiary/aromatic N) is 2. The Morgan fingerprint density at radius 3 is 2.63 bits per heavy atom. The number of benzene rings is 1. The molecular weight excluding hydrogens is 258 g/mol. The minimum Gasteiger partial charge on any atom is -0.306 e. The van der Waals surface area contributed by atoms with Gasteiger partial charge in [0.25, 0.3) is 0 Å². The van der Waals surface area contributed by atoms with Gasteiger partial charge >= 0.3 is 0 Å². The van der Waals surface area contributed by atoms with Crippen LogP contribution in [0.3, 0.4) is 0 Å². The van der Waals surface area contributed by atoms with E-state index >= 15 is 0 Å². The molecule has 2 unspecified atom stereocenters. The molecule has 1 N–H and O–H groups in total. The Bertz CT molecular complexity index is 536. The van der Waals surface area contributed by atoms with Crippen LogP contribution >= 0.6 is 11.6 Å². The molecule has 0 saturated carbocycles. The highest BCUT2D eigenvalue weighted by Crippen LogP contribution is 2.18. The van der Waals surface area contributed by atoms with E-state index in [9.17, 15) is 0 Å². The summed E-state index contributed by atoms with van der Waals surface area (Å²) in [6, 6.07) is 10.7. The molecule has 2 atom stereocenters.